The first-order chi connectivity index (χ1) is 9.58. The Bertz CT molecular complexity index is 665. The van der Waals surface area contributed by atoms with Crippen LogP contribution in [0.15, 0.2) is 42.5 Å². The molecule has 0 unspecified atom stereocenters. The summed E-state index contributed by atoms with van der Waals surface area (Å²) in [6, 6.07) is 11.1. The molecule has 0 aliphatic carbocycles. The number of carbonyl (C=O) groups is 1. The van der Waals surface area contributed by atoms with E-state index in [4.69, 9.17) is 4.74 Å². The van der Waals surface area contributed by atoms with Crippen molar-refractivity contribution in [2.45, 2.75) is 12.2 Å². The van der Waals surface area contributed by atoms with E-state index in [9.17, 15) is 20.1 Å². The molecular weight excluding hydrogens is 260 g/mol. The van der Waals surface area contributed by atoms with Crippen molar-refractivity contribution in [1.82, 2.24) is 0 Å². The zero-order chi connectivity index (χ0) is 14.3. The van der Waals surface area contributed by atoms with Crippen molar-refractivity contribution in [3.8, 4) is 17.2 Å². The minimum Gasteiger partial charge on any atom is -0.508 e. The van der Waals surface area contributed by atoms with Crippen LogP contribution in [0.4, 0.5) is 0 Å². The lowest BCUT2D eigenvalue weighted by molar-refractivity contribution is 0.0211. The second kappa shape index (κ2) is 4.54. The molecule has 1 aliphatic heterocycles. The van der Waals surface area contributed by atoms with Gasteiger partial charge in [0.1, 0.15) is 22.8 Å². The Balaban J connectivity index is 2.09. The molecule has 0 amide bonds. The molecule has 3 N–H and O–H groups in total. The van der Waals surface area contributed by atoms with Gasteiger partial charge in [-0.15, -0.1) is 0 Å². The minimum absolute atomic E-state index is 0.0617. The van der Waals surface area contributed by atoms with Crippen LogP contribution < -0.4 is 4.74 Å². The van der Waals surface area contributed by atoms with Crippen LogP contribution in [0, 0.1) is 0 Å². The van der Waals surface area contributed by atoms with Crippen LogP contribution in [0.3, 0.4) is 0 Å². The number of phenolic OH excluding ortho intramolecular Hbond substituents is 2. The highest BCUT2D eigenvalue weighted by molar-refractivity contribution is 6.05. The number of hydrogen-bond acceptors (Lipinski definition) is 5. The van der Waals surface area contributed by atoms with Crippen molar-refractivity contribution < 1.29 is 24.9 Å². The second-order valence-corrected chi connectivity index (χ2v) is 4.60. The van der Waals surface area contributed by atoms with Crippen LogP contribution in [0.5, 0.6) is 17.2 Å². The summed E-state index contributed by atoms with van der Waals surface area (Å²) in [7, 11) is 0. The summed E-state index contributed by atoms with van der Waals surface area (Å²) in [5, 5.41) is 29.3. The number of phenols is 2. The summed E-state index contributed by atoms with van der Waals surface area (Å²) in [4.78, 5) is 12.2. The molecule has 0 spiro atoms. The van der Waals surface area contributed by atoms with Gasteiger partial charge in [-0.25, -0.2) is 0 Å². The Morgan fingerprint density at radius 1 is 1.05 bits per heavy atom. The first-order valence-electron chi connectivity index (χ1n) is 6.08. The second-order valence-electron chi connectivity index (χ2n) is 4.60. The molecule has 102 valence electrons. The Morgan fingerprint density at radius 2 is 1.75 bits per heavy atom. The van der Waals surface area contributed by atoms with Crippen LogP contribution >= 0.6 is 0 Å². The Hall–Kier alpha value is -2.53. The third-order valence-corrected chi connectivity index (χ3v) is 3.25. The molecule has 5 nitrogen and oxygen atoms in total. The van der Waals surface area contributed by atoms with Crippen LogP contribution in [-0.2, 0) is 0 Å². The van der Waals surface area contributed by atoms with Crippen LogP contribution in [0.25, 0.3) is 0 Å². The number of hydrogen-bond donors (Lipinski definition) is 3. The number of ether oxygens (including phenoxy) is 1. The molecule has 0 saturated carbocycles. The zero-order valence-corrected chi connectivity index (χ0v) is 10.4. The maximum atomic E-state index is 12.2. The molecule has 2 aromatic carbocycles. The number of fused-ring (bicyclic) bond motifs is 1. The molecule has 2 aromatic rings. The topological polar surface area (TPSA) is 87.0 Å². The van der Waals surface area contributed by atoms with Crippen molar-refractivity contribution in [3.63, 3.8) is 0 Å². The number of ketones is 1. The molecule has 2 atom stereocenters. The normalized spacial score (nSPS) is 21.1. The summed E-state index contributed by atoms with van der Waals surface area (Å²) in [5.74, 6) is -1.18. The maximum Gasteiger partial charge on any atom is 0.202 e. The van der Waals surface area contributed by atoms with Gasteiger partial charge in [0.2, 0.25) is 5.78 Å². The van der Waals surface area contributed by atoms with Gasteiger partial charge in [0.25, 0.3) is 0 Å². The number of aliphatic hydroxyl groups excluding tert-OH is 1. The average Bonchev–Trinajstić information content (AvgIpc) is 2.43. The SMILES string of the molecule is O=C1c2c(O)cc(O)cc2O[C@@H](c2ccccc2)[C@@H]1O. The van der Waals surface area contributed by atoms with E-state index in [1.807, 2.05) is 6.07 Å². The average molecular weight is 272 g/mol. The number of benzene rings is 2. The largest absolute Gasteiger partial charge is 0.508 e. The molecule has 1 aliphatic rings. The van der Waals surface area contributed by atoms with Crippen molar-refractivity contribution >= 4 is 5.78 Å². The van der Waals surface area contributed by atoms with Crippen molar-refractivity contribution in [2.24, 2.45) is 0 Å². The van der Waals surface area contributed by atoms with E-state index in [0.717, 1.165) is 6.07 Å². The van der Waals surface area contributed by atoms with E-state index in [-0.39, 0.29) is 17.1 Å². The molecule has 0 bridgehead atoms. The lowest BCUT2D eigenvalue weighted by Gasteiger charge is -2.30. The predicted molar refractivity (Wildman–Crippen MR) is 69.9 cm³/mol. The van der Waals surface area contributed by atoms with Gasteiger partial charge in [0.05, 0.1) is 0 Å². The van der Waals surface area contributed by atoms with Crippen molar-refractivity contribution in [2.75, 3.05) is 0 Å². The lowest BCUT2D eigenvalue weighted by Crippen LogP contribution is -2.36. The van der Waals surface area contributed by atoms with E-state index in [0.29, 0.717) is 5.56 Å². The molecular formula is C15H12O5. The zero-order valence-electron chi connectivity index (χ0n) is 10.4. The quantitative estimate of drug-likeness (QED) is 0.736. The number of aliphatic hydroxyl groups is 1. The van der Waals surface area contributed by atoms with E-state index in [2.05, 4.69) is 0 Å². The van der Waals surface area contributed by atoms with Gasteiger partial charge in [-0.2, -0.15) is 0 Å². The van der Waals surface area contributed by atoms with Gasteiger partial charge < -0.3 is 20.1 Å². The Kier molecular flexibility index (Phi) is 2.84. The molecule has 5 heteroatoms. The summed E-state index contributed by atoms with van der Waals surface area (Å²) in [6.45, 7) is 0. The standard InChI is InChI=1S/C15H12O5/c16-9-6-10(17)12-11(7-9)20-15(14(19)13(12)18)8-4-2-1-3-5-8/h1-7,14-17,19H/t14-,15+/m1/s1. The van der Waals surface area contributed by atoms with E-state index >= 15 is 0 Å². The van der Waals surface area contributed by atoms with Gasteiger partial charge in [0, 0.05) is 12.1 Å². The Morgan fingerprint density at radius 3 is 2.45 bits per heavy atom. The fourth-order valence-electron chi connectivity index (χ4n) is 2.31. The molecule has 0 radical (unpaired) electrons. The van der Waals surface area contributed by atoms with Gasteiger partial charge in [-0.05, 0) is 5.56 Å². The molecule has 20 heavy (non-hydrogen) atoms. The van der Waals surface area contributed by atoms with Crippen LogP contribution in [0.2, 0.25) is 0 Å². The summed E-state index contributed by atoms with van der Waals surface area (Å²) < 4.78 is 5.57. The number of aromatic hydroxyl groups is 2. The third kappa shape index (κ3) is 1.88. The molecule has 0 saturated heterocycles. The van der Waals surface area contributed by atoms with Crippen LogP contribution in [0.1, 0.15) is 22.0 Å². The van der Waals surface area contributed by atoms with Crippen LogP contribution in [-0.4, -0.2) is 27.2 Å². The molecule has 3 rings (SSSR count). The molecule has 0 aromatic heterocycles. The highest BCUT2D eigenvalue weighted by Crippen LogP contribution is 2.41. The van der Waals surface area contributed by atoms with Crippen molar-refractivity contribution in [3.05, 3.63) is 53.6 Å². The highest BCUT2D eigenvalue weighted by Gasteiger charge is 2.38. The lowest BCUT2D eigenvalue weighted by atomic mass is 9.93. The van der Waals surface area contributed by atoms with E-state index < -0.39 is 23.7 Å². The fraction of sp³-hybridized carbons (Fsp3) is 0.133. The number of rotatable bonds is 1. The Labute approximate surface area is 114 Å². The first kappa shape index (κ1) is 12.5. The third-order valence-electron chi connectivity index (χ3n) is 3.25. The van der Waals surface area contributed by atoms with Gasteiger partial charge in [-0.3, -0.25) is 4.79 Å². The van der Waals surface area contributed by atoms with Gasteiger partial charge in [-0.1, -0.05) is 30.3 Å². The summed E-state index contributed by atoms with van der Waals surface area (Å²) in [5.41, 5.74) is 0.532. The van der Waals surface area contributed by atoms with E-state index in [1.165, 1.54) is 6.07 Å². The smallest absolute Gasteiger partial charge is 0.202 e. The number of carbonyl (C=O) groups excluding carboxylic acids is 1. The van der Waals surface area contributed by atoms with Gasteiger partial charge >= 0.3 is 0 Å². The van der Waals surface area contributed by atoms with Gasteiger partial charge in [0.15, 0.2) is 12.2 Å². The molecule has 0 fully saturated rings. The summed E-state index contributed by atoms with van der Waals surface area (Å²) >= 11 is 0. The molecule has 1 heterocycles. The monoisotopic (exact) mass is 272 g/mol. The summed E-state index contributed by atoms with van der Waals surface area (Å²) in [6.07, 6.45) is -2.27. The maximum absolute atomic E-state index is 12.2. The minimum atomic E-state index is -1.40. The van der Waals surface area contributed by atoms with E-state index in [1.54, 1.807) is 24.3 Å². The first-order valence-corrected chi connectivity index (χ1v) is 6.08. The highest BCUT2D eigenvalue weighted by atomic mass is 16.5. The number of Topliss-reactive ketones (excluding diaryl/α,β-unsaturated/α-hetero) is 1. The predicted octanol–water partition coefficient (Wildman–Crippen LogP) is 1.78. The van der Waals surface area contributed by atoms with Crippen molar-refractivity contribution in [1.29, 1.82) is 0 Å². The fourth-order valence-corrected chi connectivity index (χ4v) is 2.31.